The molecule has 8 heteroatoms. The fourth-order valence-electron chi connectivity index (χ4n) is 2.64. The van der Waals surface area contributed by atoms with Crippen molar-refractivity contribution < 1.29 is 28.6 Å². The maximum Gasteiger partial charge on any atom is 0.335 e. The molecule has 0 saturated carbocycles. The average molecular weight is 378 g/mol. The summed E-state index contributed by atoms with van der Waals surface area (Å²) in [7, 11) is 0. The highest BCUT2D eigenvalue weighted by Gasteiger charge is 2.16. The maximum atomic E-state index is 12.2. The number of benzene rings is 2. The molecule has 140 valence electrons. The van der Waals surface area contributed by atoms with Gasteiger partial charge in [-0.25, -0.2) is 10.2 Å². The van der Waals surface area contributed by atoms with E-state index in [2.05, 4.69) is 10.5 Å². The first-order valence-electron chi connectivity index (χ1n) is 8.27. The molecule has 0 unspecified atom stereocenters. The number of fused-ring (bicyclic) bond motifs is 1. The normalized spacial score (nSPS) is 12.3. The molecule has 1 aliphatic rings. The Hall–Kier alpha value is -4.07. The second-order valence-electron chi connectivity index (χ2n) is 5.86. The van der Waals surface area contributed by atoms with E-state index in [9.17, 15) is 9.59 Å². The Morgan fingerprint density at radius 3 is 2.71 bits per heavy atom. The van der Waals surface area contributed by atoms with Crippen LogP contribution in [0.25, 0.3) is 11.3 Å². The zero-order valence-electron chi connectivity index (χ0n) is 14.4. The summed E-state index contributed by atoms with van der Waals surface area (Å²) in [5.74, 6) is 0.580. The number of hydrazone groups is 1. The molecule has 2 heterocycles. The average Bonchev–Trinajstić information content (AvgIpc) is 3.36. The van der Waals surface area contributed by atoms with Crippen molar-refractivity contribution in [3.8, 4) is 22.8 Å². The van der Waals surface area contributed by atoms with Crippen LogP contribution in [0.4, 0.5) is 0 Å². The molecule has 0 atom stereocenters. The molecule has 0 aliphatic carbocycles. The van der Waals surface area contributed by atoms with Crippen LogP contribution in [0.1, 0.15) is 26.5 Å². The number of hydrogen-bond acceptors (Lipinski definition) is 6. The smallest absolute Gasteiger partial charge is 0.335 e. The number of carboxylic acids is 1. The maximum absolute atomic E-state index is 12.2. The number of aromatic carboxylic acids is 1. The fourth-order valence-corrected chi connectivity index (χ4v) is 2.64. The van der Waals surface area contributed by atoms with Gasteiger partial charge in [-0.15, -0.1) is 0 Å². The fraction of sp³-hybridized carbons (Fsp3) is 0.0500. The van der Waals surface area contributed by atoms with Crippen LogP contribution in [0.2, 0.25) is 0 Å². The van der Waals surface area contributed by atoms with Crippen molar-refractivity contribution in [3.05, 3.63) is 71.5 Å². The van der Waals surface area contributed by atoms with E-state index in [4.69, 9.17) is 19.0 Å². The van der Waals surface area contributed by atoms with Gasteiger partial charge >= 0.3 is 5.97 Å². The lowest BCUT2D eigenvalue weighted by Gasteiger charge is -2.01. The summed E-state index contributed by atoms with van der Waals surface area (Å²) in [6.07, 6.45) is 1.36. The Morgan fingerprint density at radius 1 is 1.00 bits per heavy atom. The molecule has 2 aromatic carbocycles. The lowest BCUT2D eigenvalue weighted by atomic mass is 10.1. The third-order valence-electron chi connectivity index (χ3n) is 4.01. The van der Waals surface area contributed by atoms with Crippen molar-refractivity contribution in [1.29, 1.82) is 0 Å². The quantitative estimate of drug-likeness (QED) is 0.521. The Bertz CT molecular complexity index is 1090. The number of carbonyl (C=O) groups is 2. The Kier molecular flexibility index (Phi) is 4.51. The lowest BCUT2D eigenvalue weighted by Crippen LogP contribution is -2.17. The van der Waals surface area contributed by atoms with Gasteiger partial charge in [-0.3, -0.25) is 4.79 Å². The number of furan rings is 1. The van der Waals surface area contributed by atoms with Crippen molar-refractivity contribution in [2.24, 2.45) is 5.10 Å². The second-order valence-corrected chi connectivity index (χ2v) is 5.86. The van der Waals surface area contributed by atoms with Gasteiger partial charge in [0.15, 0.2) is 11.5 Å². The molecule has 4 rings (SSSR count). The van der Waals surface area contributed by atoms with Crippen molar-refractivity contribution in [2.45, 2.75) is 0 Å². The van der Waals surface area contributed by atoms with Gasteiger partial charge in [0.2, 0.25) is 6.79 Å². The highest BCUT2D eigenvalue weighted by Crippen LogP contribution is 2.32. The molecule has 0 spiro atoms. The number of carboxylic acid groups (broad SMARTS) is 1. The number of nitrogens with zero attached hydrogens (tertiary/aromatic N) is 1. The van der Waals surface area contributed by atoms with Crippen LogP contribution in [-0.2, 0) is 0 Å². The van der Waals surface area contributed by atoms with E-state index in [0.717, 1.165) is 0 Å². The molecule has 8 nitrogen and oxygen atoms in total. The summed E-state index contributed by atoms with van der Waals surface area (Å²) < 4.78 is 16.1. The largest absolute Gasteiger partial charge is 0.478 e. The van der Waals surface area contributed by atoms with Crippen LogP contribution >= 0.6 is 0 Å². The first kappa shape index (κ1) is 17.3. The van der Waals surface area contributed by atoms with Gasteiger partial charge in [0.1, 0.15) is 11.5 Å². The molecule has 28 heavy (non-hydrogen) atoms. The highest BCUT2D eigenvalue weighted by atomic mass is 16.7. The van der Waals surface area contributed by atoms with E-state index in [1.165, 1.54) is 18.3 Å². The van der Waals surface area contributed by atoms with Crippen molar-refractivity contribution >= 4 is 18.1 Å². The number of rotatable bonds is 5. The summed E-state index contributed by atoms with van der Waals surface area (Å²) >= 11 is 0. The van der Waals surface area contributed by atoms with Crippen LogP contribution in [-0.4, -0.2) is 30.0 Å². The van der Waals surface area contributed by atoms with Gasteiger partial charge in [-0.1, -0.05) is 12.1 Å². The third kappa shape index (κ3) is 3.56. The Labute approximate surface area is 159 Å². The summed E-state index contributed by atoms with van der Waals surface area (Å²) in [6, 6.07) is 14.6. The van der Waals surface area contributed by atoms with Crippen LogP contribution in [0.15, 0.2) is 64.1 Å². The monoisotopic (exact) mass is 378 g/mol. The van der Waals surface area contributed by atoms with Gasteiger partial charge < -0.3 is 19.0 Å². The molecule has 1 aromatic heterocycles. The van der Waals surface area contributed by atoms with E-state index in [0.29, 0.717) is 34.1 Å². The minimum Gasteiger partial charge on any atom is -0.478 e. The van der Waals surface area contributed by atoms with Crippen molar-refractivity contribution in [2.75, 3.05) is 6.79 Å². The van der Waals surface area contributed by atoms with Crippen LogP contribution in [0.3, 0.4) is 0 Å². The lowest BCUT2D eigenvalue weighted by molar-refractivity contribution is 0.0696. The highest BCUT2D eigenvalue weighted by molar-refractivity contribution is 5.95. The van der Waals surface area contributed by atoms with E-state index in [-0.39, 0.29) is 12.4 Å². The van der Waals surface area contributed by atoms with E-state index < -0.39 is 11.9 Å². The molecule has 1 amide bonds. The van der Waals surface area contributed by atoms with Gasteiger partial charge in [-0.05, 0) is 42.5 Å². The minimum absolute atomic E-state index is 0.134. The first-order valence-corrected chi connectivity index (χ1v) is 8.27. The van der Waals surface area contributed by atoms with Crippen LogP contribution < -0.4 is 14.9 Å². The molecule has 1 aliphatic heterocycles. The summed E-state index contributed by atoms with van der Waals surface area (Å²) in [5.41, 5.74) is 3.59. The van der Waals surface area contributed by atoms with Crippen LogP contribution in [0.5, 0.6) is 11.5 Å². The number of carbonyl (C=O) groups excluding carboxylic acids is 1. The minimum atomic E-state index is -1.01. The molecular formula is C20H14N2O6. The number of amides is 1. The molecular weight excluding hydrogens is 364 g/mol. The first-order chi connectivity index (χ1) is 13.6. The number of ether oxygens (including phenoxy) is 2. The zero-order valence-corrected chi connectivity index (χ0v) is 14.4. The predicted octanol–water partition coefficient (Wildman–Crippen LogP) is 3.14. The molecule has 0 fully saturated rings. The van der Waals surface area contributed by atoms with Crippen LogP contribution in [0, 0.1) is 0 Å². The Morgan fingerprint density at radius 2 is 1.86 bits per heavy atom. The van der Waals surface area contributed by atoms with Crippen molar-refractivity contribution in [3.63, 3.8) is 0 Å². The summed E-state index contributed by atoms with van der Waals surface area (Å²) in [4.78, 5) is 23.2. The topological polar surface area (TPSA) is 110 Å². The summed E-state index contributed by atoms with van der Waals surface area (Å²) in [5, 5.41) is 12.9. The molecule has 0 bridgehead atoms. The van der Waals surface area contributed by atoms with Gasteiger partial charge in [0, 0.05) is 11.1 Å². The van der Waals surface area contributed by atoms with Gasteiger partial charge in [-0.2, -0.15) is 5.10 Å². The Balaban J connectivity index is 1.42. The van der Waals surface area contributed by atoms with Gasteiger partial charge in [0.25, 0.3) is 5.91 Å². The molecule has 2 N–H and O–H groups in total. The number of nitrogens with one attached hydrogen (secondary N) is 1. The van der Waals surface area contributed by atoms with E-state index >= 15 is 0 Å². The second kappa shape index (κ2) is 7.28. The molecule has 0 saturated heterocycles. The molecule has 0 radical (unpaired) electrons. The van der Waals surface area contributed by atoms with E-state index in [1.54, 1.807) is 42.5 Å². The van der Waals surface area contributed by atoms with Crippen molar-refractivity contribution in [1.82, 2.24) is 5.43 Å². The zero-order chi connectivity index (χ0) is 19.5. The van der Waals surface area contributed by atoms with E-state index in [1.807, 2.05) is 0 Å². The summed E-state index contributed by atoms with van der Waals surface area (Å²) in [6.45, 7) is 0.134. The SMILES string of the molecule is O=C(O)c1cccc(-c2ccc(/C=N\NC(=O)c3ccc4c(c3)OCO4)o2)c1. The molecule has 3 aromatic rings. The standard InChI is InChI=1S/C20H14N2O6/c23-19(13-4-6-17-18(9-13)27-11-26-17)22-21-10-15-5-7-16(28-15)12-2-1-3-14(8-12)20(24)25/h1-10H,11H2,(H,22,23)(H,24,25)/b21-10-. The third-order valence-corrected chi connectivity index (χ3v) is 4.01. The number of hydrogen-bond donors (Lipinski definition) is 2. The predicted molar refractivity (Wildman–Crippen MR) is 98.7 cm³/mol. The van der Waals surface area contributed by atoms with Gasteiger partial charge in [0.05, 0.1) is 11.8 Å².